The van der Waals surface area contributed by atoms with Crippen LogP contribution in [0.5, 0.6) is 0 Å². The third kappa shape index (κ3) is 4.54. The summed E-state index contributed by atoms with van der Waals surface area (Å²) < 4.78 is 39.9. The number of methoxy groups -OCH3 is 1. The largest absolute Gasteiger partial charge is 0.546 e. The molecule has 6 nitrogen and oxygen atoms in total. The lowest BCUT2D eigenvalue weighted by molar-refractivity contribution is -0.147. The van der Waals surface area contributed by atoms with Gasteiger partial charge in [0.15, 0.2) is 0 Å². The van der Waals surface area contributed by atoms with Crippen LogP contribution in [0, 0.1) is 30.6 Å². The van der Waals surface area contributed by atoms with Gasteiger partial charge in [0, 0.05) is 13.1 Å². The van der Waals surface area contributed by atoms with E-state index >= 15 is 0 Å². The predicted octanol–water partition coefficient (Wildman–Crippen LogP) is 4.58. The summed E-state index contributed by atoms with van der Waals surface area (Å²) in [5, 5.41) is -0.0227. The van der Waals surface area contributed by atoms with E-state index < -0.39 is 24.3 Å². The Morgan fingerprint density at radius 3 is 2.25 bits per heavy atom. The summed E-state index contributed by atoms with van der Waals surface area (Å²) in [6.45, 7) is 15.5. The summed E-state index contributed by atoms with van der Waals surface area (Å²) in [5.41, 5.74) is 1.02. The summed E-state index contributed by atoms with van der Waals surface area (Å²) in [6, 6.07) is 6.96. The maximum absolute atomic E-state index is 13.3. The van der Waals surface area contributed by atoms with Crippen LogP contribution < -0.4 is 0 Å². The molecular weight excluding hydrogens is 442 g/mol. The lowest BCUT2D eigenvalue weighted by Crippen LogP contribution is -2.45. The minimum Gasteiger partial charge on any atom is -0.546 e. The maximum atomic E-state index is 13.3. The van der Waals surface area contributed by atoms with Crippen LogP contribution in [0.25, 0.3) is 0 Å². The van der Waals surface area contributed by atoms with Crippen LogP contribution in [0.3, 0.4) is 0 Å². The monoisotopic (exact) mass is 479 g/mol. The van der Waals surface area contributed by atoms with E-state index in [1.54, 1.807) is 16.4 Å². The topological polar surface area (TPSA) is 72.9 Å². The van der Waals surface area contributed by atoms with Crippen molar-refractivity contribution in [3.8, 4) is 0 Å². The number of aryl methyl sites for hydroxylation is 1. The molecule has 0 saturated carbocycles. The van der Waals surface area contributed by atoms with Crippen molar-refractivity contribution in [1.29, 1.82) is 0 Å². The first-order valence-corrected chi connectivity index (χ1v) is 15.6. The van der Waals surface area contributed by atoms with Crippen LogP contribution in [0.4, 0.5) is 0 Å². The molecule has 0 radical (unpaired) electrons. The van der Waals surface area contributed by atoms with Crippen LogP contribution >= 0.6 is 0 Å². The van der Waals surface area contributed by atoms with E-state index in [0.29, 0.717) is 23.7 Å². The van der Waals surface area contributed by atoms with Crippen LogP contribution in [-0.4, -0.2) is 47.2 Å². The van der Waals surface area contributed by atoms with E-state index in [-0.39, 0.29) is 28.8 Å². The van der Waals surface area contributed by atoms with Gasteiger partial charge in [-0.3, -0.25) is 4.79 Å². The molecule has 2 unspecified atom stereocenters. The summed E-state index contributed by atoms with van der Waals surface area (Å²) in [5.74, 6) is -0.225. The average Bonchev–Trinajstić information content (AvgIpc) is 3.12. The Hall–Kier alpha value is -1.64. The number of sulfonamides is 1. The summed E-state index contributed by atoms with van der Waals surface area (Å²) in [6.07, 6.45) is 2.01. The van der Waals surface area contributed by atoms with Crippen LogP contribution in [0.15, 0.2) is 41.0 Å². The van der Waals surface area contributed by atoms with Gasteiger partial charge in [-0.2, -0.15) is 4.31 Å². The first-order chi connectivity index (χ1) is 14.7. The van der Waals surface area contributed by atoms with Gasteiger partial charge in [-0.1, -0.05) is 45.4 Å². The SMILES string of the molecule is COC(=O)C1C(O[Si](C)(C)C(C)(C)C)=C[C@@H]2CN(S(=O)(=O)c3ccc(C)cc3)C[C@@H]2C1C. The molecule has 1 aromatic rings. The van der Waals surface area contributed by atoms with Crippen molar-refractivity contribution in [2.45, 2.75) is 57.6 Å². The normalized spacial score (nSPS) is 26.9. The predicted molar refractivity (Wildman–Crippen MR) is 128 cm³/mol. The van der Waals surface area contributed by atoms with Crippen LogP contribution in [0.1, 0.15) is 33.3 Å². The minimum atomic E-state index is -3.60. The Balaban J connectivity index is 1.95. The molecule has 0 bridgehead atoms. The number of benzene rings is 1. The number of carbonyl (C=O) groups excluding carboxylic acids is 1. The van der Waals surface area contributed by atoms with Crippen molar-refractivity contribution in [3.63, 3.8) is 0 Å². The molecule has 1 saturated heterocycles. The fourth-order valence-electron chi connectivity index (χ4n) is 4.43. The van der Waals surface area contributed by atoms with Crippen molar-refractivity contribution >= 4 is 24.3 Å². The second kappa shape index (κ2) is 8.61. The molecule has 0 aromatic heterocycles. The molecule has 0 amide bonds. The second-order valence-corrected chi connectivity index (χ2v) is 17.4. The summed E-state index contributed by atoms with van der Waals surface area (Å²) >= 11 is 0. The number of hydrogen-bond acceptors (Lipinski definition) is 5. The molecule has 0 spiro atoms. The molecule has 3 rings (SSSR count). The average molecular weight is 480 g/mol. The molecule has 1 aliphatic heterocycles. The molecule has 0 N–H and O–H groups in total. The van der Waals surface area contributed by atoms with Gasteiger partial charge in [0.1, 0.15) is 5.92 Å². The van der Waals surface area contributed by atoms with Gasteiger partial charge in [-0.05, 0) is 61.0 Å². The zero-order chi connectivity index (χ0) is 24.1. The van der Waals surface area contributed by atoms with Crippen molar-refractivity contribution in [1.82, 2.24) is 4.31 Å². The summed E-state index contributed by atoms with van der Waals surface area (Å²) in [7, 11) is -4.39. The van der Waals surface area contributed by atoms with Crippen molar-refractivity contribution in [2.75, 3.05) is 20.2 Å². The molecule has 1 aliphatic carbocycles. The lowest BCUT2D eigenvalue weighted by Gasteiger charge is -2.42. The van der Waals surface area contributed by atoms with Gasteiger partial charge in [0.25, 0.3) is 0 Å². The quantitative estimate of drug-likeness (QED) is 0.457. The Bertz CT molecular complexity index is 994. The zero-order valence-corrected chi connectivity index (χ0v) is 22.3. The maximum Gasteiger partial charge on any atom is 0.316 e. The highest BCUT2D eigenvalue weighted by Crippen LogP contribution is 2.47. The van der Waals surface area contributed by atoms with Gasteiger partial charge in [-0.15, -0.1) is 0 Å². The van der Waals surface area contributed by atoms with Crippen molar-refractivity contribution < 1.29 is 22.4 Å². The van der Waals surface area contributed by atoms with Gasteiger partial charge < -0.3 is 9.16 Å². The Labute approximate surface area is 194 Å². The number of nitrogens with zero attached hydrogens (tertiary/aromatic N) is 1. The zero-order valence-electron chi connectivity index (χ0n) is 20.5. The molecule has 1 heterocycles. The number of carbonyl (C=O) groups is 1. The lowest BCUT2D eigenvalue weighted by atomic mass is 9.72. The smallest absolute Gasteiger partial charge is 0.316 e. The molecule has 178 valence electrons. The summed E-state index contributed by atoms with van der Waals surface area (Å²) in [4.78, 5) is 13.1. The van der Waals surface area contributed by atoms with Gasteiger partial charge >= 0.3 is 5.97 Å². The van der Waals surface area contributed by atoms with E-state index in [0.717, 1.165) is 5.56 Å². The number of hydrogen-bond donors (Lipinski definition) is 0. The van der Waals surface area contributed by atoms with E-state index in [1.165, 1.54) is 7.11 Å². The molecule has 4 atom stereocenters. The van der Waals surface area contributed by atoms with E-state index in [4.69, 9.17) is 9.16 Å². The Kier molecular flexibility index (Phi) is 6.72. The minimum absolute atomic E-state index is 0.00546. The third-order valence-corrected chi connectivity index (χ3v) is 13.8. The van der Waals surface area contributed by atoms with Gasteiger partial charge in [0.05, 0.1) is 17.8 Å². The van der Waals surface area contributed by atoms with Crippen molar-refractivity contribution in [2.24, 2.45) is 23.7 Å². The fraction of sp³-hybridized carbons (Fsp3) is 0.625. The fourth-order valence-corrected chi connectivity index (χ4v) is 7.03. The molecule has 1 fully saturated rings. The molecular formula is C24H37NO5SSi. The number of ether oxygens (including phenoxy) is 1. The molecule has 1 aromatic carbocycles. The van der Waals surface area contributed by atoms with Crippen LogP contribution in [0.2, 0.25) is 18.1 Å². The number of rotatable bonds is 5. The van der Waals surface area contributed by atoms with Crippen LogP contribution in [-0.2, 0) is 24.0 Å². The van der Waals surface area contributed by atoms with E-state index in [2.05, 4.69) is 33.9 Å². The third-order valence-electron chi connectivity index (χ3n) is 7.56. The second-order valence-electron chi connectivity index (χ2n) is 10.8. The Morgan fingerprint density at radius 1 is 1.12 bits per heavy atom. The highest BCUT2D eigenvalue weighted by Gasteiger charge is 2.51. The number of esters is 1. The van der Waals surface area contributed by atoms with E-state index in [1.807, 2.05) is 32.1 Å². The standard InChI is InChI=1S/C24H37NO5SSi/c1-16-9-11-19(12-10-16)31(27,28)25-14-18-13-21(30-32(7,8)24(3,4)5)22(23(26)29-6)17(2)20(18)15-25/h9-13,17-18,20,22H,14-15H2,1-8H3/t17?,18-,20-,22?/m1/s1. The van der Waals surface area contributed by atoms with Gasteiger partial charge in [0.2, 0.25) is 18.3 Å². The molecule has 8 heteroatoms. The Morgan fingerprint density at radius 2 is 1.72 bits per heavy atom. The highest BCUT2D eigenvalue weighted by molar-refractivity contribution is 7.89. The first-order valence-electron chi connectivity index (χ1n) is 11.2. The molecule has 2 aliphatic rings. The molecule has 32 heavy (non-hydrogen) atoms. The highest BCUT2D eigenvalue weighted by atomic mass is 32.2. The van der Waals surface area contributed by atoms with Crippen molar-refractivity contribution in [3.05, 3.63) is 41.7 Å². The first kappa shape index (κ1) is 25.0. The van der Waals surface area contributed by atoms with Gasteiger partial charge in [-0.25, -0.2) is 8.42 Å². The number of fused-ring (bicyclic) bond motifs is 1. The van der Waals surface area contributed by atoms with E-state index in [9.17, 15) is 13.2 Å².